The highest BCUT2D eigenvalue weighted by Crippen LogP contribution is 2.22. The number of rotatable bonds is 0. The molecule has 0 bridgehead atoms. The largest absolute Gasteiger partial charge is 0.507 e. The van der Waals surface area contributed by atoms with Gasteiger partial charge in [-0.15, -0.1) is 37.9 Å². The van der Waals surface area contributed by atoms with Gasteiger partial charge in [0.1, 0.15) is 17.2 Å². The maximum absolute atomic E-state index is 9.02. The zero-order valence-corrected chi connectivity index (χ0v) is 20.7. The molecular weight excluding hydrogens is 475 g/mol. The molecule has 0 fully saturated rings. The highest BCUT2D eigenvalue weighted by molar-refractivity contribution is 7.80. The first-order valence-electron chi connectivity index (χ1n) is 8.66. The van der Waals surface area contributed by atoms with E-state index in [4.69, 9.17) is 30.0 Å². The molecule has 0 spiro atoms. The zero-order valence-electron chi connectivity index (χ0n) is 17.2. The monoisotopic (exact) mass is 502 g/mol. The highest BCUT2D eigenvalue weighted by atomic mass is 32.1. The lowest BCUT2D eigenvalue weighted by Gasteiger charge is -1.96. The Morgan fingerprint density at radius 1 is 0.516 bits per heavy atom. The summed E-state index contributed by atoms with van der Waals surface area (Å²) in [5, 5.41) is 27.1. The molecule has 0 saturated heterocycles. The van der Waals surface area contributed by atoms with Gasteiger partial charge >= 0.3 is 8.60 Å². The van der Waals surface area contributed by atoms with Crippen LogP contribution in [0.25, 0.3) is 0 Å². The van der Waals surface area contributed by atoms with Gasteiger partial charge in [0.25, 0.3) is 0 Å². The third-order valence-electron chi connectivity index (χ3n) is 3.39. The Morgan fingerprint density at radius 3 is 0.839 bits per heavy atom. The van der Waals surface area contributed by atoms with Gasteiger partial charge in [0.05, 0.1) is 0 Å². The molecule has 3 aromatic carbocycles. The van der Waals surface area contributed by atoms with Crippen LogP contribution in [-0.4, -0.2) is 30.0 Å². The van der Waals surface area contributed by atoms with Crippen molar-refractivity contribution in [2.45, 2.75) is 35.5 Å². The second-order valence-electron chi connectivity index (χ2n) is 6.24. The van der Waals surface area contributed by atoms with Crippen LogP contribution in [0.15, 0.2) is 69.3 Å². The van der Waals surface area contributed by atoms with E-state index in [0.717, 1.165) is 16.7 Å². The predicted octanol–water partition coefficient (Wildman–Crippen LogP) is 5.16. The predicted molar refractivity (Wildman–Crippen MR) is 134 cm³/mol. The van der Waals surface area contributed by atoms with Crippen LogP contribution < -0.4 is 0 Å². The first-order valence-corrected chi connectivity index (χ1v) is 11.2. The first-order chi connectivity index (χ1) is 14.3. The third kappa shape index (κ3) is 14.2. The molecule has 0 heterocycles. The lowest BCUT2D eigenvalue weighted by molar-refractivity contribution is 0.368. The lowest BCUT2D eigenvalue weighted by Crippen LogP contribution is -1.71. The number of aryl methyl sites for hydroxylation is 3. The average molecular weight is 503 g/mol. The number of phenols is 3. The number of hydrogen-bond donors (Lipinski definition) is 9. The Hall–Kier alpha value is -1.58. The Bertz CT molecular complexity index is 834. The van der Waals surface area contributed by atoms with Gasteiger partial charge in [-0.2, -0.15) is 0 Å². The smallest absolute Gasteiger partial charge is 0.324 e. The van der Waals surface area contributed by atoms with E-state index in [-0.39, 0.29) is 17.2 Å². The molecule has 0 saturated carbocycles. The van der Waals surface area contributed by atoms with E-state index < -0.39 is 8.60 Å². The summed E-state index contributed by atoms with van der Waals surface area (Å²) in [6, 6.07) is 16.1. The van der Waals surface area contributed by atoms with Gasteiger partial charge in [-0.3, -0.25) is 0 Å². The van der Waals surface area contributed by atoms with Gasteiger partial charge in [0.2, 0.25) is 0 Å². The van der Waals surface area contributed by atoms with E-state index >= 15 is 0 Å². The van der Waals surface area contributed by atoms with Crippen LogP contribution in [0.2, 0.25) is 0 Å². The fourth-order valence-electron chi connectivity index (χ4n) is 1.90. The van der Waals surface area contributed by atoms with Crippen LogP contribution in [-0.2, 0) is 0 Å². The van der Waals surface area contributed by atoms with E-state index in [2.05, 4.69) is 37.9 Å². The summed E-state index contributed by atoms with van der Waals surface area (Å²) in [5.41, 5.74) is 3.14. The molecule has 0 radical (unpaired) electrons. The number of phenolic OH excluding ortho intramolecular Hbond substituents is 3. The number of hydrogen-bond acceptors (Lipinski definition) is 9. The Labute approximate surface area is 200 Å². The maximum Gasteiger partial charge on any atom is 0.324 e. The van der Waals surface area contributed by atoms with Crippen LogP contribution in [0.5, 0.6) is 17.2 Å². The molecule has 0 unspecified atom stereocenters. The van der Waals surface area contributed by atoms with Gasteiger partial charge in [0, 0.05) is 14.7 Å². The number of benzene rings is 3. The van der Waals surface area contributed by atoms with Crippen molar-refractivity contribution in [1.82, 2.24) is 0 Å². The van der Waals surface area contributed by atoms with Gasteiger partial charge in [-0.1, -0.05) is 18.2 Å². The van der Waals surface area contributed by atoms with Crippen molar-refractivity contribution in [3.63, 3.8) is 0 Å². The topological polar surface area (TPSA) is 121 Å². The second-order valence-corrected chi connectivity index (χ2v) is 8.23. The second kappa shape index (κ2) is 15.3. The van der Waals surface area contributed by atoms with Gasteiger partial charge in [0.15, 0.2) is 0 Å². The Kier molecular flexibility index (Phi) is 14.5. The minimum atomic E-state index is -2.62. The summed E-state index contributed by atoms with van der Waals surface area (Å²) in [6.45, 7) is 5.77. The fourth-order valence-corrected chi connectivity index (χ4v) is 2.32. The zero-order chi connectivity index (χ0) is 24.1. The quantitative estimate of drug-likeness (QED) is 0.155. The van der Waals surface area contributed by atoms with E-state index in [1.165, 1.54) is 0 Å². The summed E-state index contributed by atoms with van der Waals surface area (Å²) in [7, 11) is -2.62. The summed E-state index contributed by atoms with van der Waals surface area (Å²) in [5.74, 6) is 0.745. The van der Waals surface area contributed by atoms with Crippen molar-refractivity contribution in [2.24, 2.45) is 0 Å². The van der Waals surface area contributed by atoms with Crippen LogP contribution in [0.4, 0.5) is 0 Å². The van der Waals surface area contributed by atoms with E-state index in [9.17, 15) is 0 Å². The van der Waals surface area contributed by atoms with E-state index in [1.807, 2.05) is 39.0 Å². The number of thiol groups is 3. The molecule has 6 N–H and O–H groups in total. The van der Waals surface area contributed by atoms with Gasteiger partial charge in [-0.25, -0.2) is 0 Å². The van der Waals surface area contributed by atoms with Gasteiger partial charge in [-0.05, 0) is 73.9 Å². The SMILES string of the molecule is Cc1ccc(S)c(O)c1.Cc1ccc(S)c(O)c1.Cc1ccc(S)c(O)c1.OP(O)O. The van der Waals surface area contributed by atoms with Crippen molar-refractivity contribution < 1.29 is 30.0 Å². The van der Waals surface area contributed by atoms with Crippen molar-refractivity contribution >= 4 is 46.5 Å². The molecule has 3 rings (SSSR count). The van der Waals surface area contributed by atoms with Crippen LogP contribution in [0, 0.1) is 20.8 Å². The van der Waals surface area contributed by atoms with Crippen LogP contribution in [0.3, 0.4) is 0 Å². The minimum Gasteiger partial charge on any atom is -0.507 e. The molecule has 3 aromatic rings. The Balaban J connectivity index is 0.000000402. The molecular formula is C21H27O6PS3. The van der Waals surface area contributed by atoms with Crippen molar-refractivity contribution in [3.8, 4) is 17.2 Å². The highest BCUT2D eigenvalue weighted by Gasteiger charge is 1.94. The molecule has 170 valence electrons. The van der Waals surface area contributed by atoms with Crippen molar-refractivity contribution in [1.29, 1.82) is 0 Å². The minimum absolute atomic E-state index is 0.248. The van der Waals surface area contributed by atoms with E-state index in [1.54, 1.807) is 36.4 Å². The maximum atomic E-state index is 9.02. The summed E-state index contributed by atoms with van der Waals surface area (Å²) < 4.78 is 0. The summed E-state index contributed by atoms with van der Waals surface area (Å²) >= 11 is 12.0. The molecule has 0 aliphatic heterocycles. The molecule has 0 aromatic heterocycles. The molecule has 10 heteroatoms. The average Bonchev–Trinajstić information content (AvgIpc) is 2.66. The summed E-state index contributed by atoms with van der Waals surface area (Å²) in [4.78, 5) is 23.6. The van der Waals surface area contributed by atoms with E-state index in [0.29, 0.717) is 14.7 Å². The van der Waals surface area contributed by atoms with Gasteiger partial charge < -0.3 is 30.0 Å². The Morgan fingerprint density at radius 2 is 0.710 bits per heavy atom. The third-order valence-corrected chi connectivity index (χ3v) is 4.53. The summed E-state index contributed by atoms with van der Waals surface area (Å²) in [6.07, 6.45) is 0. The number of aromatic hydroxyl groups is 3. The van der Waals surface area contributed by atoms with Crippen LogP contribution in [0.1, 0.15) is 16.7 Å². The molecule has 31 heavy (non-hydrogen) atoms. The van der Waals surface area contributed by atoms with Crippen LogP contribution >= 0.6 is 46.5 Å². The standard InChI is InChI=1S/3C7H8OS.H3O3P/c3*1-5-2-3-7(9)6(8)4-5;1-4(2)3/h3*2-4,8-9H,1H3;1-3H. The fraction of sp³-hybridized carbons (Fsp3) is 0.143. The lowest BCUT2D eigenvalue weighted by atomic mass is 10.2. The molecule has 0 aliphatic rings. The first kappa shape index (κ1) is 29.4. The molecule has 0 amide bonds. The normalized spacial score (nSPS) is 9.48. The molecule has 0 atom stereocenters. The molecule has 0 aliphatic carbocycles. The molecule has 6 nitrogen and oxygen atoms in total. The van der Waals surface area contributed by atoms with Crippen molar-refractivity contribution in [2.75, 3.05) is 0 Å². The van der Waals surface area contributed by atoms with Crippen molar-refractivity contribution in [3.05, 3.63) is 71.3 Å².